The van der Waals surface area contributed by atoms with Gasteiger partial charge < -0.3 is 15.7 Å². The third kappa shape index (κ3) is 4.72. The van der Waals surface area contributed by atoms with Crippen LogP contribution in [0.4, 0.5) is 14.9 Å². The van der Waals surface area contributed by atoms with Crippen molar-refractivity contribution in [3.8, 4) is 0 Å². The minimum Gasteiger partial charge on any atom is -0.396 e. The van der Waals surface area contributed by atoms with Crippen molar-refractivity contribution in [3.63, 3.8) is 0 Å². The second-order valence-electron chi connectivity index (χ2n) is 4.40. The molecule has 2 amide bonds. The van der Waals surface area contributed by atoms with Crippen LogP contribution in [0.15, 0.2) is 23.1 Å². The zero-order valence-corrected chi connectivity index (χ0v) is 12.1. The summed E-state index contributed by atoms with van der Waals surface area (Å²) in [6.45, 7) is 3.63. The van der Waals surface area contributed by atoms with E-state index in [2.05, 4.69) is 10.6 Å². The van der Waals surface area contributed by atoms with Gasteiger partial charge >= 0.3 is 6.03 Å². The van der Waals surface area contributed by atoms with E-state index in [0.29, 0.717) is 10.6 Å². The lowest BCUT2D eigenvalue weighted by atomic mass is 10.1. The summed E-state index contributed by atoms with van der Waals surface area (Å²) in [4.78, 5) is 12.2. The number of thioether (sulfide) groups is 1. The fourth-order valence-corrected chi connectivity index (χ4v) is 1.88. The van der Waals surface area contributed by atoms with Gasteiger partial charge in [-0.05, 0) is 37.3 Å². The van der Waals surface area contributed by atoms with Crippen LogP contribution >= 0.6 is 11.8 Å². The van der Waals surface area contributed by atoms with Crippen molar-refractivity contribution in [2.24, 2.45) is 5.92 Å². The number of nitrogens with one attached hydrogen (secondary N) is 2. The molecule has 0 aliphatic heterocycles. The molecule has 1 aromatic rings. The molecular weight excluding hydrogens is 267 g/mol. The fourth-order valence-electron chi connectivity index (χ4n) is 1.42. The van der Waals surface area contributed by atoms with E-state index in [9.17, 15) is 9.18 Å². The van der Waals surface area contributed by atoms with Crippen LogP contribution in [0.5, 0.6) is 0 Å². The Balaban J connectivity index is 2.60. The third-order valence-electron chi connectivity index (χ3n) is 2.91. The molecule has 1 rings (SSSR count). The molecule has 106 valence electrons. The van der Waals surface area contributed by atoms with Crippen molar-refractivity contribution in [2.45, 2.75) is 24.8 Å². The van der Waals surface area contributed by atoms with Crippen LogP contribution in [0.25, 0.3) is 0 Å². The number of hydrogen-bond acceptors (Lipinski definition) is 3. The van der Waals surface area contributed by atoms with Gasteiger partial charge in [0.1, 0.15) is 5.82 Å². The molecule has 0 aliphatic rings. The summed E-state index contributed by atoms with van der Waals surface area (Å²) in [5, 5.41) is 14.2. The predicted molar refractivity (Wildman–Crippen MR) is 76.0 cm³/mol. The van der Waals surface area contributed by atoms with Gasteiger partial charge in [-0.25, -0.2) is 9.18 Å². The standard InChI is InChI=1S/C13H19FN2O2S/c1-8(7-17)9(2)15-13(18)16-10-4-5-12(19-3)11(14)6-10/h4-6,8-9,17H,7H2,1-3H3,(H2,15,16,18)/t8-,9-/m0/s1. The molecule has 0 fully saturated rings. The molecule has 0 radical (unpaired) electrons. The number of urea groups is 1. The molecular formula is C13H19FN2O2S. The second-order valence-corrected chi connectivity index (χ2v) is 5.24. The smallest absolute Gasteiger partial charge is 0.319 e. The number of carbonyl (C=O) groups is 1. The predicted octanol–water partition coefficient (Wildman–Crippen LogP) is 2.69. The first-order chi connectivity index (χ1) is 8.97. The summed E-state index contributed by atoms with van der Waals surface area (Å²) in [7, 11) is 0. The molecule has 0 bridgehead atoms. The number of halogens is 1. The van der Waals surface area contributed by atoms with Gasteiger partial charge in [0.15, 0.2) is 0 Å². The Bertz CT molecular complexity index is 443. The maximum Gasteiger partial charge on any atom is 0.319 e. The van der Waals surface area contributed by atoms with E-state index >= 15 is 0 Å². The van der Waals surface area contributed by atoms with Crippen LogP contribution in [0.2, 0.25) is 0 Å². The van der Waals surface area contributed by atoms with Crippen molar-refractivity contribution in [3.05, 3.63) is 24.0 Å². The highest BCUT2D eigenvalue weighted by molar-refractivity contribution is 7.98. The first kappa shape index (κ1) is 15.8. The number of benzene rings is 1. The van der Waals surface area contributed by atoms with Crippen molar-refractivity contribution in [1.82, 2.24) is 5.32 Å². The van der Waals surface area contributed by atoms with Gasteiger partial charge in [0, 0.05) is 23.2 Å². The Morgan fingerprint density at radius 1 is 1.47 bits per heavy atom. The van der Waals surface area contributed by atoms with Gasteiger partial charge in [-0.3, -0.25) is 0 Å². The molecule has 0 saturated heterocycles. The minimum absolute atomic E-state index is 0.00149. The van der Waals surface area contributed by atoms with E-state index < -0.39 is 6.03 Å². The molecule has 0 saturated carbocycles. The van der Waals surface area contributed by atoms with Gasteiger partial charge in [0.25, 0.3) is 0 Å². The lowest BCUT2D eigenvalue weighted by molar-refractivity contribution is 0.204. The summed E-state index contributed by atoms with van der Waals surface area (Å²) in [6, 6.07) is 3.97. The van der Waals surface area contributed by atoms with Gasteiger partial charge in [-0.2, -0.15) is 0 Å². The highest BCUT2D eigenvalue weighted by atomic mass is 32.2. The zero-order valence-electron chi connectivity index (χ0n) is 11.2. The number of anilines is 1. The zero-order chi connectivity index (χ0) is 14.4. The first-order valence-corrected chi connectivity index (χ1v) is 7.22. The topological polar surface area (TPSA) is 61.4 Å². The highest BCUT2D eigenvalue weighted by Crippen LogP contribution is 2.22. The van der Waals surface area contributed by atoms with Crippen LogP contribution in [-0.4, -0.2) is 30.0 Å². The van der Waals surface area contributed by atoms with E-state index in [1.54, 1.807) is 25.3 Å². The molecule has 3 N–H and O–H groups in total. The van der Waals surface area contributed by atoms with Gasteiger partial charge in [-0.1, -0.05) is 6.92 Å². The molecule has 1 aromatic carbocycles. The molecule has 4 nitrogen and oxygen atoms in total. The number of aliphatic hydroxyl groups excluding tert-OH is 1. The van der Waals surface area contributed by atoms with Crippen molar-refractivity contribution in [1.29, 1.82) is 0 Å². The van der Waals surface area contributed by atoms with E-state index in [1.165, 1.54) is 17.8 Å². The Morgan fingerprint density at radius 2 is 2.16 bits per heavy atom. The Labute approximate surface area is 116 Å². The second kappa shape index (κ2) is 7.35. The number of hydrogen-bond donors (Lipinski definition) is 3. The van der Waals surface area contributed by atoms with Gasteiger partial charge in [0.05, 0.1) is 0 Å². The molecule has 6 heteroatoms. The summed E-state index contributed by atoms with van der Waals surface area (Å²) in [5.74, 6) is -0.400. The number of aliphatic hydroxyl groups is 1. The molecule has 0 spiro atoms. The van der Waals surface area contributed by atoms with Crippen LogP contribution in [0, 0.1) is 11.7 Å². The SMILES string of the molecule is CSc1ccc(NC(=O)N[C@@H](C)[C@@H](C)CO)cc1F. The van der Waals surface area contributed by atoms with E-state index in [-0.39, 0.29) is 24.4 Å². The summed E-state index contributed by atoms with van der Waals surface area (Å²) in [5.41, 5.74) is 0.400. The third-order valence-corrected chi connectivity index (χ3v) is 3.68. The summed E-state index contributed by atoms with van der Waals surface area (Å²) < 4.78 is 13.5. The Kier molecular flexibility index (Phi) is 6.11. The lowest BCUT2D eigenvalue weighted by Gasteiger charge is -2.19. The largest absolute Gasteiger partial charge is 0.396 e. The van der Waals surface area contributed by atoms with Gasteiger partial charge in [-0.15, -0.1) is 11.8 Å². The van der Waals surface area contributed by atoms with Crippen molar-refractivity contribution in [2.75, 3.05) is 18.2 Å². The summed E-state index contributed by atoms with van der Waals surface area (Å²) >= 11 is 1.31. The van der Waals surface area contributed by atoms with Crippen LogP contribution in [0.3, 0.4) is 0 Å². The van der Waals surface area contributed by atoms with Crippen LogP contribution in [0.1, 0.15) is 13.8 Å². The molecule has 0 heterocycles. The van der Waals surface area contributed by atoms with E-state index in [1.807, 2.05) is 6.92 Å². The average Bonchev–Trinajstić information content (AvgIpc) is 2.37. The lowest BCUT2D eigenvalue weighted by Crippen LogP contribution is -2.40. The summed E-state index contributed by atoms with van der Waals surface area (Å²) in [6.07, 6.45) is 1.79. The number of rotatable bonds is 5. The van der Waals surface area contributed by atoms with Crippen molar-refractivity contribution >= 4 is 23.5 Å². The number of amides is 2. The van der Waals surface area contributed by atoms with Crippen molar-refractivity contribution < 1.29 is 14.3 Å². The maximum absolute atomic E-state index is 13.5. The first-order valence-electron chi connectivity index (χ1n) is 5.99. The van der Waals surface area contributed by atoms with E-state index in [0.717, 1.165) is 0 Å². The molecule has 0 aliphatic carbocycles. The number of carbonyl (C=O) groups excluding carboxylic acids is 1. The molecule has 19 heavy (non-hydrogen) atoms. The van der Waals surface area contributed by atoms with Crippen LogP contribution < -0.4 is 10.6 Å². The Hall–Kier alpha value is -1.27. The minimum atomic E-state index is -0.413. The van der Waals surface area contributed by atoms with E-state index in [4.69, 9.17) is 5.11 Å². The van der Waals surface area contributed by atoms with Gasteiger partial charge in [0.2, 0.25) is 0 Å². The van der Waals surface area contributed by atoms with Crippen LogP contribution in [-0.2, 0) is 0 Å². The fraction of sp³-hybridized carbons (Fsp3) is 0.462. The molecule has 0 aromatic heterocycles. The average molecular weight is 286 g/mol. The monoisotopic (exact) mass is 286 g/mol. The normalized spacial score (nSPS) is 13.7. The molecule has 2 atom stereocenters. The maximum atomic E-state index is 13.5. The Morgan fingerprint density at radius 3 is 2.68 bits per heavy atom. The quantitative estimate of drug-likeness (QED) is 0.729. The molecule has 0 unspecified atom stereocenters. The highest BCUT2D eigenvalue weighted by Gasteiger charge is 2.14.